The van der Waals surface area contributed by atoms with Gasteiger partial charge in [0.1, 0.15) is 11.9 Å². The fraction of sp³-hybridized carbons (Fsp3) is 0.370. The van der Waals surface area contributed by atoms with Crippen molar-refractivity contribution in [2.45, 2.75) is 26.4 Å². The van der Waals surface area contributed by atoms with Crippen molar-refractivity contribution in [2.24, 2.45) is 0 Å². The minimum absolute atomic E-state index is 0. The number of piperazine rings is 1. The minimum Gasteiger partial charge on any atom is -0.480 e. The van der Waals surface area contributed by atoms with Crippen LogP contribution in [0.25, 0.3) is 11.1 Å². The van der Waals surface area contributed by atoms with Crippen LogP contribution in [0.4, 0.5) is 17.5 Å². The van der Waals surface area contributed by atoms with Crippen molar-refractivity contribution < 1.29 is 14.7 Å². The molecule has 5 aliphatic heterocycles. The molecule has 2 aromatic heterocycles. The highest BCUT2D eigenvalue weighted by molar-refractivity contribution is 7.59. The Morgan fingerprint density at radius 2 is 1.67 bits per heavy atom. The zero-order chi connectivity index (χ0) is 25.6. The molecule has 1 fully saturated rings. The fourth-order valence-corrected chi connectivity index (χ4v) is 4.52. The van der Waals surface area contributed by atoms with E-state index in [1.807, 2.05) is 24.3 Å². The number of nitrogens with zero attached hydrogens (tertiary/aromatic N) is 5. The van der Waals surface area contributed by atoms with Crippen LogP contribution >= 0.6 is 13.5 Å². The molecular weight excluding hydrogens is 516 g/mol. The number of carboxylic acid groups (broad SMARTS) is 1. The number of pyridine rings is 1. The molecule has 1 aromatic carbocycles. The molecule has 0 aliphatic carbocycles. The van der Waals surface area contributed by atoms with Crippen LogP contribution in [-0.4, -0.2) is 87.0 Å². The van der Waals surface area contributed by atoms with Crippen molar-refractivity contribution in [1.82, 2.24) is 30.1 Å². The number of aromatic nitrogens is 3. The Hall–Kier alpha value is -3.74. The molecule has 39 heavy (non-hydrogen) atoms. The second-order valence-electron chi connectivity index (χ2n) is 9.28. The van der Waals surface area contributed by atoms with Crippen molar-refractivity contribution in [1.29, 1.82) is 0 Å². The summed E-state index contributed by atoms with van der Waals surface area (Å²) in [4.78, 5) is 41.8. The first-order chi connectivity index (χ1) is 18.0. The first kappa shape index (κ1) is 29.8. The lowest BCUT2D eigenvalue weighted by molar-refractivity contribution is -0.138. The number of benzene rings is 1. The van der Waals surface area contributed by atoms with Gasteiger partial charge in [-0.25, -0.2) is 19.7 Å². The summed E-state index contributed by atoms with van der Waals surface area (Å²) >= 11 is 0. The molecule has 4 N–H and O–H groups in total. The number of rotatable bonds is 1. The van der Waals surface area contributed by atoms with Gasteiger partial charge in [0.05, 0.1) is 6.54 Å². The Morgan fingerprint density at radius 1 is 0.949 bits per heavy atom. The lowest BCUT2D eigenvalue weighted by atomic mass is 10.1. The number of carbonyl (C=O) groups is 2. The van der Waals surface area contributed by atoms with E-state index in [4.69, 9.17) is 0 Å². The molecule has 5 aliphatic rings. The van der Waals surface area contributed by atoms with Gasteiger partial charge in [-0.2, -0.15) is 13.5 Å². The van der Waals surface area contributed by atoms with Crippen LogP contribution in [0.15, 0.2) is 55.0 Å². The second kappa shape index (κ2) is 13.9. The van der Waals surface area contributed by atoms with Crippen LogP contribution in [0.1, 0.15) is 19.4 Å². The average Bonchev–Trinajstić information content (AvgIpc) is 2.89. The molecule has 1 amide bonds. The molecule has 0 spiro atoms. The minimum atomic E-state index is -1.03. The van der Waals surface area contributed by atoms with Crippen LogP contribution < -0.4 is 16.0 Å². The van der Waals surface area contributed by atoms with Crippen LogP contribution in [0.3, 0.4) is 0 Å². The molecule has 8 bridgehead atoms. The largest absolute Gasteiger partial charge is 0.480 e. The Kier molecular flexibility index (Phi) is 10.6. The number of amides is 1. The van der Waals surface area contributed by atoms with E-state index in [1.165, 1.54) is 5.56 Å². The number of carboxylic acids is 1. The lowest BCUT2D eigenvalue weighted by Crippen LogP contribution is -2.49. The quantitative estimate of drug-likeness (QED) is 0.357. The summed E-state index contributed by atoms with van der Waals surface area (Å²) in [7, 11) is 0. The highest BCUT2D eigenvalue weighted by Crippen LogP contribution is 2.23. The van der Waals surface area contributed by atoms with Crippen LogP contribution in [-0.2, 0) is 16.1 Å². The molecule has 1 saturated heterocycles. The van der Waals surface area contributed by atoms with Crippen LogP contribution in [0.2, 0.25) is 0 Å². The smallest absolute Gasteiger partial charge is 0.326 e. The third-order valence-corrected chi connectivity index (χ3v) is 6.54. The summed E-state index contributed by atoms with van der Waals surface area (Å²) < 4.78 is 0. The molecule has 208 valence electrons. The molecule has 0 saturated carbocycles. The van der Waals surface area contributed by atoms with Gasteiger partial charge >= 0.3 is 5.97 Å². The van der Waals surface area contributed by atoms with Gasteiger partial charge in [0.15, 0.2) is 0 Å². The Morgan fingerprint density at radius 3 is 2.38 bits per heavy atom. The van der Waals surface area contributed by atoms with E-state index in [1.54, 1.807) is 18.6 Å². The normalized spacial score (nSPS) is 21.2. The van der Waals surface area contributed by atoms with E-state index in [2.05, 4.69) is 52.8 Å². The highest BCUT2D eigenvalue weighted by atomic mass is 32.1. The van der Waals surface area contributed by atoms with E-state index in [0.717, 1.165) is 49.5 Å². The topological polar surface area (TPSA) is 136 Å². The van der Waals surface area contributed by atoms with E-state index >= 15 is 0 Å². The zero-order valence-corrected chi connectivity index (χ0v) is 21.9. The van der Waals surface area contributed by atoms with Gasteiger partial charge in [-0.3, -0.25) is 14.6 Å². The summed E-state index contributed by atoms with van der Waals surface area (Å²) in [5, 5.41) is 18.7. The lowest BCUT2D eigenvalue weighted by Gasteiger charge is -2.34. The van der Waals surface area contributed by atoms with Crippen molar-refractivity contribution in [3.05, 3.63) is 60.6 Å². The van der Waals surface area contributed by atoms with E-state index in [0.29, 0.717) is 12.4 Å². The van der Waals surface area contributed by atoms with E-state index < -0.39 is 12.0 Å². The number of hydrogen-bond acceptors (Lipinski definition) is 9. The van der Waals surface area contributed by atoms with Gasteiger partial charge in [-0.05, 0) is 41.8 Å². The number of aliphatic carboxylic acids is 1. The van der Waals surface area contributed by atoms with Crippen molar-refractivity contribution in [2.75, 3.05) is 49.9 Å². The second-order valence-corrected chi connectivity index (χ2v) is 9.28. The molecule has 1 atom stereocenters. The molecule has 7 heterocycles. The maximum atomic E-state index is 12.4. The molecule has 1 unspecified atom stereocenters. The predicted octanol–water partition coefficient (Wildman–Crippen LogP) is 2.53. The molecular formula is C27H36N8O3S. The number of carbonyl (C=O) groups excluding carboxylic acids is 1. The Balaban J connectivity index is 0.00000210. The zero-order valence-electron chi connectivity index (χ0n) is 20.9. The Bertz CT molecular complexity index is 1250. The SMILES string of the molecule is C.O=C1CN2CCN(CC2)Cc2cccc(c2)Nc2cc(ccn2)-c2cnc(nc2)NC(C(=O)O)CCN1.S. The number of nitrogens with one attached hydrogen (secondary N) is 3. The third kappa shape index (κ3) is 8.12. The highest BCUT2D eigenvalue weighted by Gasteiger charge is 2.21. The monoisotopic (exact) mass is 552 g/mol. The number of hydrogen-bond donors (Lipinski definition) is 4. The maximum absolute atomic E-state index is 12.4. The molecule has 3 aromatic rings. The summed E-state index contributed by atoms with van der Waals surface area (Å²) in [6, 6.07) is 11.2. The van der Waals surface area contributed by atoms with Gasteiger partial charge in [-0.1, -0.05) is 19.6 Å². The van der Waals surface area contributed by atoms with Gasteiger partial charge in [0.25, 0.3) is 0 Å². The van der Waals surface area contributed by atoms with Crippen molar-refractivity contribution in [3.63, 3.8) is 0 Å². The fourth-order valence-electron chi connectivity index (χ4n) is 4.52. The van der Waals surface area contributed by atoms with Crippen LogP contribution in [0.5, 0.6) is 0 Å². The first-order valence-corrected chi connectivity index (χ1v) is 12.4. The van der Waals surface area contributed by atoms with Crippen molar-refractivity contribution >= 4 is 42.8 Å². The van der Waals surface area contributed by atoms with Gasteiger partial charge < -0.3 is 21.1 Å². The number of anilines is 3. The summed E-state index contributed by atoms with van der Waals surface area (Å²) in [6.45, 7) is 4.71. The van der Waals surface area contributed by atoms with E-state index in [9.17, 15) is 14.7 Å². The predicted molar refractivity (Wildman–Crippen MR) is 156 cm³/mol. The maximum Gasteiger partial charge on any atom is 0.326 e. The summed E-state index contributed by atoms with van der Waals surface area (Å²) in [5.41, 5.74) is 3.82. The van der Waals surface area contributed by atoms with Gasteiger partial charge in [-0.15, -0.1) is 0 Å². The van der Waals surface area contributed by atoms with Crippen molar-refractivity contribution in [3.8, 4) is 11.1 Å². The van der Waals surface area contributed by atoms with Gasteiger partial charge in [0.2, 0.25) is 11.9 Å². The molecule has 11 nitrogen and oxygen atoms in total. The third-order valence-electron chi connectivity index (χ3n) is 6.54. The molecule has 12 heteroatoms. The Labute approximate surface area is 235 Å². The van der Waals surface area contributed by atoms with E-state index in [-0.39, 0.29) is 45.7 Å². The summed E-state index contributed by atoms with van der Waals surface area (Å²) in [5.74, 6) is -0.224. The molecule has 0 radical (unpaired) electrons. The average molecular weight is 553 g/mol. The van der Waals surface area contributed by atoms with Gasteiger partial charge in [0, 0.05) is 69.1 Å². The first-order valence-electron chi connectivity index (χ1n) is 12.4. The standard InChI is InChI=1S/C26H30N8O3.CH4.H2S/c35-24-17-34-10-8-33(9-11-34)16-18-2-1-3-21(12-18)31-23-13-19(4-6-27-23)20-14-29-26(30-15-20)32-22(25(36)37)5-7-28-24;;/h1-4,6,12-15,22H,5,7-11,16-17H2,(H,27,31)(H,28,35)(H,36,37)(H,29,30,32);1H4;1H2. The molecule has 8 rings (SSSR count). The summed E-state index contributed by atoms with van der Waals surface area (Å²) in [6.07, 6.45) is 5.22. The van der Waals surface area contributed by atoms with Crippen LogP contribution in [0, 0.1) is 0 Å².